The average molecular weight is 236 g/mol. The third-order valence-corrected chi connectivity index (χ3v) is 2.87. The van der Waals surface area contributed by atoms with Gasteiger partial charge in [0.1, 0.15) is 0 Å². The summed E-state index contributed by atoms with van der Waals surface area (Å²) in [5.74, 6) is 0. The van der Waals surface area contributed by atoms with Crippen molar-refractivity contribution >= 4 is 5.69 Å². The molecule has 1 atom stereocenters. The van der Waals surface area contributed by atoms with E-state index in [-0.39, 0.29) is 6.10 Å². The number of nitrogens with zero attached hydrogens (tertiary/aromatic N) is 1. The van der Waals surface area contributed by atoms with E-state index in [1.165, 1.54) is 11.1 Å². The number of rotatable bonds is 6. The van der Waals surface area contributed by atoms with Crippen LogP contribution in [0.5, 0.6) is 0 Å². The highest BCUT2D eigenvalue weighted by Gasteiger charge is 2.06. The van der Waals surface area contributed by atoms with Crippen molar-refractivity contribution in [2.45, 2.75) is 33.4 Å². The predicted octanol–water partition coefficient (Wildman–Crippen LogP) is 1.92. The molecule has 0 heterocycles. The number of nitrogens with one attached hydrogen (secondary N) is 1. The molecule has 1 rings (SSSR count). The third-order valence-electron chi connectivity index (χ3n) is 2.87. The van der Waals surface area contributed by atoms with Crippen molar-refractivity contribution in [1.29, 1.82) is 0 Å². The van der Waals surface area contributed by atoms with Gasteiger partial charge >= 0.3 is 0 Å². The second-order valence-corrected chi connectivity index (χ2v) is 4.62. The Morgan fingerprint density at radius 1 is 1.41 bits per heavy atom. The highest BCUT2D eigenvalue weighted by Crippen LogP contribution is 2.18. The van der Waals surface area contributed by atoms with Crippen LogP contribution >= 0.6 is 0 Å². The number of hydrogen-bond acceptors (Lipinski definition) is 3. The van der Waals surface area contributed by atoms with Gasteiger partial charge in [-0.05, 0) is 43.7 Å². The fraction of sp³-hybridized carbons (Fsp3) is 0.571. The van der Waals surface area contributed by atoms with Crippen LogP contribution in [0.4, 0.5) is 5.69 Å². The molecule has 1 aromatic carbocycles. The van der Waals surface area contributed by atoms with E-state index in [2.05, 4.69) is 42.3 Å². The molecule has 0 aliphatic heterocycles. The summed E-state index contributed by atoms with van der Waals surface area (Å²) in [6.07, 6.45) is -0.304. The van der Waals surface area contributed by atoms with E-state index < -0.39 is 0 Å². The van der Waals surface area contributed by atoms with Gasteiger partial charge < -0.3 is 15.3 Å². The molecule has 0 fully saturated rings. The maximum Gasteiger partial charge on any atom is 0.0686 e. The van der Waals surface area contributed by atoms with Gasteiger partial charge in [0.2, 0.25) is 0 Å². The van der Waals surface area contributed by atoms with Crippen LogP contribution in [0, 0.1) is 6.92 Å². The first-order chi connectivity index (χ1) is 8.04. The minimum atomic E-state index is -0.304. The van der Waals surface area contributed by atoms with E-state index in [0.717, 1.165) is 18.8 Å². The number of likely N-dealkylation sites (N-methyl/N-ethyl adjacent to an activating group) is 1. The molecular weight excluding hydrogens is 212 g/mol. The summed E-state index contributed by atoms with van der Waals surface area (Å²) >= 11 is 0. The van der Waals surface area contributed by atoms with E-state index in [0.29, 0.717) is 6.54 Å². The molecule has 2 N–H and O–H groups in total. The van der Waals surface area contributed by atoms with Gasteiger partial charge in [0.15, 0.2) is 0 Å². The van der Waals surface area contributed by atoms with Crippen molar-refractivity contribution in [2.24, 2.45) is 0 Å². The van der Waals surface area contributed by atoms with Crippen LogP contribution < -0.4 is 10.2 Å². The van der Waals surface area contributed by atoms with E-state index in [4.69, 9.17) is 0 Å². The van der Waals surface area contributed by atoms with Gasteiger partial charge in [-0.3, -0.25) is 0 Å². The summed E-state index contributed by atoms with van der Waals surface area (Å²) in [6.45, 7) is 8.62. The SMILES string of the molecule is CCNCc1ccc(N(C)CC(C)O)cc1C. The number of aliphatic hydroxyl groups is 1. The Bertz CT molecular complexity index is 350. The number of aryl methyl sites for hydroxylation is 1. The average Bonchev–Trinajstić information content (AvgIpc) is 2.26. The molecule has 0 saturated carbocycles. The van der Waals surface area contributed by atoms with Gasteiger partial charge in [0, 0.05) is 25.8 Å². The molecule has 0 aromatic heterocycles. The fourth-order valence-electron chi connectivity index (χ4n) is 1.88. The highest BCUT2D eigenvalue weighted by atomic mass is 16.3. The standard InChI is InChI=1S/C14H24N2O/c1-5-15-9-13-6-7-14(8-11(13)2)16(4)10-12(3)17/h6-8,12,15,17H,5,9-10H2,1-4H3. The molecule has 3 nitrogen and oxygen atoms in total. The zero-order chi connectivity index (χ0) is 12.8. The van der Waals surface area contributed by atoms with Crippen molar-refractivity contribution in [3.8, 4) is 0 Å². The Hall–Kier alpha value is -1.06. The molecule has 1 unspecified atom stereocenters. The lowest BCUT2D eigenvalue weighted by molar-refractivity contribution is 0.201. The summed E-state index contributed by atoms with van der Waals surface area (Å²) in [4.78, 5) is 2.08. The Kier molecular flexibility index (Phi) is 5.45. The third kappa shape index (κ3) is 4.36. The molecule has 0 bridgehead atoms. The lowest BCUT2D eigenvalue weighted by atomic mass is 10.1. The van der Waals surface area contributed by atoms with Crippen LogP contribution in [0.2, 0.25) is 0 Å². The van der Waals surface area contributed by atoms with Crippen molar-refractivity contribution in [1.82, 2.24) is 5.32 Å². The molecule has 17 heavy (non-hydrogen) atoms. The quantitative estimate of drug-likeness (QED) is 0.792. The first-order valence-corrected chi connectivity index (χ1v) is 6.24. The Labute approximate surface area is 104 Å². The molecule has 1 aromatic rings. The van der Waals surface area contributed by atoms with Crippen molar-refractivity contribution in [3.63, 3.8) is 0 Å². The van der Waals surface area contributed by atoms with E-state index in [1.807, 2.05) is 14.0 Å². The fourth-order valence-corrected chi connectivity index (χ4v) is 1.88. The first kappa shape index (κ1) is 14.0. The van der Waals surface area contributed by atoms with Crippen LogP contribution in [0.1, 0.15) is 25.0 Å². The number of aliphatic hydroxyl groups excluding tert-OH is 1. The van der Waals surface area contributed by atoms with Gasteiger partial charge in [0.05, 0.1) is 6.10 Å². The molecule has 0 radical (unpaired) electrons. The largest absolute Gasteiger partial charge is 0.392 e. The second-order valence-electron chi connectivity index (χ2n) is 4.62. The molecule has 0 aliphatic carbocycles. The van der Waals surface area contributed by atoms with Crippen LogP contribution in [0.25, 0.3) is 0 Å². The summed E-state index contributed by atoms with van der Waals surface area (Å²) in [5, 5.41) is 12.7. The Morgan fingerprint density at radius 3 is 2.65 bits per heavy atom. The molecule has 0 saturated heterocycles. The van der Waals surface area contributed by atoms with Crippen molar-refractivity contribution in [3.05, 3.63) is 29.3 Å². The van der Waals surface area contributed by atoms with Crippen molar-refractivity contribution < 1.29 is 5.11 Å². The smallest absolute Gasteiger partial charge is 0.0686 e. The van der Waals surface area contributed by atoms with E-state index in [9.17, 15) is 5.11 Å². The maximum absolute atomic E-state index is 9.37. The lowest BCUT2D eigenvalue weighted by Crippen LogP contribution is -2.27. The summed E-state index contributed by atoms with van der Waals surface area (Å²) in [5.41, 5.74) is 3.78. The van der Waals surface area contributed by atoms with Gasteiger partial charge in [0.25, 0.3) is 0 Å². The Balaban J connectivity index is 2.73. The first-order valence-electron chi connectivity index (χ1n) is 6.24. The van der Waals surface area contributed by atoms with Crippen LogP contribution in [0.3, 0.4) is 0 Å². The number of anilines is 1. The van der Waals surface area contributed by atoms with Crippen molar-refractivity contribution in [2.75, 3.05) is 25.0 Å². The summed E-state index contributed by atoms with van der Waals surface area (Å²) < 4.78 is 0. The highest BCUT2D eigenvalue weighted by molar-refractivity contribution is 5.50. The molecule has 0 amide bonds. The van der Waals surface area contributed by atoms with E-state index in [1.54, 1.807) is 0 Å². The molecule has 0 aliphatic rings. The zero-order valence-corrected chi connectivity index (χ0v) is 11.3. The molecular formula is C14H24N2O. The lowest BCUT2D eigenvalue weighted by Gasteiger charge is -2.22. The Morgan fingerprint density at radius 2 is 2.12 bits per heavy atom. The summed E-state index contributed by atoms with van der Waals surface area (Å²) in [6, 6.07) is 6.45. The van der Waals surface area contributed by atoms with E-state index >= 15 is 0 Å². The maximum atomic E-state index is 9.37. The predicted molar refractivity (Wildman–Crippen MR) is 73.5 cm³/mol. The second kappa shape index (κ2) is 6.62. The number of benzene rings is 1. The normalized spacial score (nSPS) is 12.5. The monoisotopic (exact) mass is 236 g/mol. The van der Waals surface area contributed by atoms with Gasteiger partial charge in [-0.1, -0.05) is 13.0 Å². The summed E-state index contributed by atoms with van der Waals surface area (Å²) in [7, 11) is 2.01. The van der Waals surface area contributed by atoms with Gasteiger partial charge in [-0.15, -0.1) is 0 Å². The van der Waals surface area contributed by atoms with Gasteiger partial charge in [-0.2, -0.15) is 0 Å². The zero-order valence-electron chi connectivity index (χ0n) is 11.3. The van der Waals surface area contributed by atoms with Crippen LogP contribution in [-0.4, -0.2) is 31.3 Å². The number of hydrogen-bond donors (Lipinski definition) is 2. The minimum Gasteiger partial charge on any atom is -0.392 e. The molecule has 3 heteroatoms. The molecule has 96 valence electrons. The topological polar surface area (TPSA) is 35.5 Å². The molecule has 0 spiro atoms. The van der Waals surface area contributed by atoms with Crippen LogP contribution in [-0.2, 0) is 6.54 Å². The van der Waals surface area contributed by atoms with Gasteiger partial charge in [-0.25, -0.2) is 0 Å². The minimum absolute atomic E-state index is 0.304. The van der Waals surface area contributed by atoms with Crippen LogP contribution in [0.15, 0.2) is 18.2 Å².